The first-order valence-corrected chi connectivity index (χ1v) is 8.01. The van der Waals surface area contributed by atoms with E-state index in [1.165, 1.54) is 25.3 Å². The second-order valence-electron chi connectivity index (χ2n) is 5.35. The molecule has 0 aliphatic carbocycles. The lowest BCUT2D eigenvalue weighted by atomic mass is 10.2. The number of hydrogen-bond donors (Lipinski definition) is 1. The topological polar surface area (TPSA) is 64.6 Å². The molecule has 0 aliphatic heterocycles. The number of benzene rings is 2. The van der Waals surface area contributed by atoms with E-state index < -0.39 is 24.3 Å². The number of aryl methyl sites for hydroxylation is 1. The number of carbonyl (C=O) groups is 2. The van der Waals surface area contributed by atoms with Crippen molar-refractivity contribution >= 4 is 35.2 Å². The molecule has 0 atom stereocenters. The first-order chi connectivity index (χ1) is 12.4. The Bertz CT molecular complexity index is 851. The van der Waals surface area contributed by atoms with Crippen LogP contribution in [-0.4, -0.2) is 25.6 Å². The van der Waals surface area contributed by atoms with Crippen LogP contribution in [-0.2, 0) is 14.3 Å². The van der Waals surface area contributed by atoms with Crippen LogP contribution in [0.3, 0.4) is 0 Å². The first kappa shape index (κ1) is 19.5. The number of carbonyl (C=O) groups excluding carboxylic acids is 2. The monoisotopic (exact) mass is 377 g/mol. The van der Waals surface area contributed by atoms with E-state index in [-0.39, 0.29) is 5.75 Å². The highest BCUT2D eigenvalue weighted by Gasteiger charge is 2.07. The third kappa shape index (κ3) is 5.60. The zero-order valence-corrected chi connectivity index (χ0v) is 15.0. The summed E-state index contributed by atoms with van der Waals surface area (Å²) in [6.07, 6.45) is 2.49. The fraction of sp³-hybridized carbons (Fsp3) is 0.158. The summed E-state index contributed by atoms with van der Waals surface area (Å²) in [7, 11) is 1.36. The molecule has 2 aromatic carbocycles. The van der Waals surface area contributed by atoms with Crippen molar-refractivity contribution in [3.05, 3.63) is 64.4 Å². The van der Waals surface area contributed by atoms with Crippen LogP contribution < -0.4 is 10.1 Å². The van der Waals surface area contributed by atoms with E-state index in [1.807, 2.05) is 6.92 Å². The number of halogens is 2. The van der Waals surface area contributed by atoms with Crippen molar-refractivity contribution in [2.24, 2.45) is 0 Å². The van der Waals surface area contributed by atoms with Crippen LogP contribution in [0.5, 0.6) is 5.75 Å². The largest absolute Gasteiger partial charge is 0.494 e. The fourth-order valence-corrected chi connectivity index (χ4v) is 2.18. The molecular formula is C19H17ClFNO4. The molecule has 0 saturated heterocycles. The second kappa shape index (κ2) is 9.01. The number of rotatable bonds is 6. The predicted molar refractivity (Wildman–Crippen MR) is 97.8 cm³/mol. The normalized spacial score (nSPS) is 10.6. The van der Waals surface area contributed by atoms with Crippen LogP contribution in [0.25, 0.3) is 6.08 Å². The minimum atomic E-state index is -0.724. The van der Waals surface area contributed by atoms with Crippen LogP contribution in [0.2, 0.25) is 5.02 Å². The van der Waals surface area contributed by atoms with Gasteiger partial charge in [0.15, 0.2) is 18.2 Å². The molecule has 2 rings (SSSR count). The number of ether oxygens (including phenoxy) is 2. The molecule has 0 aromatic heterocycles. The van der Waals surface area contributed by atoms with Gasteiger partial charge in [0.25, 0.3) is 5.91 Å². The standard InChI is InChI=1S/C19H17ClFNO4/c1-12-3-6-14(10-15(12)20)22-18(23)11-26-19(24)8-5-13-4-7-17(25-2)16(21)9-13/h3-10H,11H2,1-2H3,(H,22,23)/b8-5+. The molecule has 2 aromatic rings. The maximum absolute atomic E-state index is 13.6. The Morgan fingerprint density at radius 3 is 2.65 bits per heavy atom. The van der Waals surface area contributed by atoms with Crippen LogP contribution in [0.1, 0.15) is 11.1 Å². The average Bonchev–Trinajstić information content (AvgIpc) is 2.61. The minimum absolute atomic E-state index is 0.109. The molecule has 0 fully saturated rings. The lowest BCUT2D eigenvalue weighted by Crippen LogP contribution is -2.20. The zero-order chi connectivity index (χ0) is 19.1. The van der Waals surface area contributed by atoms with E-state index in [2.05, 4.69) is 5.32 Å². The molecule has 0 bridgehead atoms. The molecule has 1 amide bonds. The Hall–Kier alpha value is -2.86. The van der Waals surface area contributed by atoms with Gasteiger partial charge in [0.2, 0.25) is 0 Å². The summed E-state index contributed by atoms with van der Waals surface area (Å²) in [5, 5.41) is 3.09. The summed E-state index contributed by atoms with van der Waals surface area (Å²) < 4.78 is 23.2. The summed E-state index contributed by atoms with van der Waals surface area (Å²) in [6, 6.07) is 9.31. The Kier molecular flexibility index (Phi) is 6.74. The van der Waals surface area contributed by atoms with Gasteiger partial charge in [0, 0.05) is 16.8 Å². The SMILES string of the molecule is COc1ccc(/C=C/C(=O)OCC(=O)Nc2ccc(C)c(Cl)c2)cc1F. The molecule has 26 heavy (non-hydrogen) atoms. The van der Waals surface area contributed by atoms with Crippen LogP contribution in [0.15, 0.2) is 42.5 Å². The van der Waals surface area contributed by atoms with Crippen molar-refractivity contribution < 1.29 is 23.5 Å². The van der Waals surface area contributed by atoms with Gasteiger partial charge >= 0.3 is 5.97 Å². The van der Waals surface area contributed by atoms with Crippen LogP contribution >= 0.6 is 11.6 Å². The number of esters is 1. The smallest absolute Gasteiger partial charge is 0.331 e. The van der Waals surface area contributed by atoms with Crippen LogP contribution in [0.4, 0.5) is 10.1 Å². The Morgan fingerprint density at radius 1 is 1.23 bits per heavy atom. The number of nitrogens with one attached hydrogen (secondary N) is 1. The quantitative estimate of drug-likeness (QED) is 0.610. The summed E-state index contributed by atoms with van der Waals surface area (Å²) in [5.41, 5.74) is 1.85. The zero-order valence-electron chi connectivity index (χ0n) is 14.2. The van der Waals surface area contributed by atoms with E-state index >= 15 is 0 Å². The van der Waals surface area contributed by atoms with Crippen LogP contribution in [0, 0.1) is 12.7 Å². The van der Waals surface area contributed by atoms with Gasteiger partial charge in [-0.05, 0) is 48.4 Å². The maximum atomic E-state index is 13.6. The van der Waals surface area contributed by atoms with Gasteiger partial charge in [-0.25, -0.2) is 9.18 Å². The molecule has 7 heteroatoms. The molecular weight excluding hydrogens is 361 g/mol. The van der Waals surface area contributed by atoms with Crippen molar-refractivity contribution in [1.82, 2.24) is 0 Å². The van der Waals surface area contributed by atoms with Crippen molar-refractivity contribution in [2.75, 3.05) is 19.0 Å². The number of hydrogen-bond acceptors (Lipinski definition) is 4. The van der Waals surface area contributed by atoms with Gasteiger partial charge in [-0.15, -0.1) is 0 Å². The summed E-state index contributed by atoms with van der Waals surface area (Å²) >= 11 is 5.97. The molecule has 0 heterocycles. The molecule has 0 unspecified atom stereocenters. The average molecular weight is 378 g/mol. The van der Waals surface area contributed by atoms with E-state index in [0.717, 1.165) is 11.6 Å². The molecule has 5 nitrogen and oxygen atoms in total. The lowest BCUT2D eigenvalue weighted by molar-refractivity contribution is -0.142. The summed E-state index contributed by atoms with van der Waals surface area (Å²) in [6.45, 7) is 1.39. The minimum Gasteiger partial charge on any atom is -0.494 e. The molecule has 0 spiro atoms. The molecule has 0 saturated carbocycles. The lowest BCUT2D eigenvalue weighted by Gasteiger charge is -2.07. The van der Waals surface area contributed by atoms with Gasteiger partial charge in [-0.3, -0.25) is 4.79 Å². The first-order valence-electron chi connectivity index (χ1n) is 7.63. The van der Waals surface area contributed by atoms with E-state index in [4.69, 9.17) is 21.1 Å². The maximum Gasteiger partial charge on any atom is 0.331 e. The van der Waals surface area contributed by atoms with Gasteiger partial charge < -0.3 is 14.8 Å². The Labute approximate surface area is 155 Å². The van der Waals surface area contributed by atoms with Gasteiger partial charge in [0.1, 0.15) is 0 Å². The number of anilines is 1. The number of amides is 1. The van der Waals surface area contributed by atoms with Gasteiger partial charge in [-0.2, -0.15) is 0 Å². The second-order valence-corrected chi connectivity index (χ2v) is 5.75. The summed E-state index contributed by atoms with van der Waals surface area (Å²) in [5.74, 6) is -1.66. The van der Waals surface area contributed by atoms with E-state index in [0.29, 0.717) is 16.3 Å². The van der Waals surface area contributed by atoms with Crippen molar-refractivity contribution in [3.8, 4) is 5.75 Å². The molecule has 0 radical (unpaired) electrons. The van der Waals surface area contributed by atoms with Gasteiger partial charge in [0.05, 0.1) is 7.11 Å². The highest BCUT2D eigenvalue weighted by Crippen LogP contribution is 2.20. The summed E-state index contributed by atoms with van der Waals surface area (Å²) in [4.78, 5) is 23.4. The van der Waals surface area contributed by atoms with E-state index in [9.17, 15) is 14.0 Å². The van der Waals surface area contributed by atoms with Gasteiger partial charge in [-0.1, -0.05) is 23.7 Å². The van der Waals surface area contributed by atoms with Crippen molar-refractivity contribution in [1.29, 1.82) is 0 Å². The number of methoxy groups -OCH3 is 1. The Morgan fingerprint density at radius 2 is 2.00 bits per heavy atom. The highest BCUT2D eigenvalue weighted by molar-refractivity contribution is 6.31. The third-order valence-corrected chi connectivity index (χ3v) is 3.80. The van der Waals surface area contributed by atoms with Crippen molar-refractivity contribution in [3.63, 3.8) is 0 Å². The molecule has 1 N–H and O–H groups in total. The highest BCUT2D eigenvalue weighted by atomic mass is 35.5. The predicted octanol–water partition coefficient (Wildman–Crippen LogP) is 3.99. The fourth-order valence-electron chi connectivity index (χ4n) is 2.00. The molecule has 136 valence electrons. The van der Waals surface area contributed by atoms with Crippen molar-refractivity contribution in [2.45, 2.75) is 6.92 Å². The van der Waals surface area contributed by atoms with E-state index in [1.54, 1.807) is 24.3 Å². The third-order valence-electron chi connectivity index (χ3n) is 3.39. The Balaban J connectivity index is 1.84. The molecule has 0 aliphatic rings.